The minimum absolute atomic E-state index is 0.0257. The van der Waals surface area contributed by atoms with E-state index < -0.39 is 0 Å². The minimum atomic E-state index is -0.176. The number of hydrogen-bond acceptors (Lipinski definition) is 3. The van der Waals surface area contributed by atoms with Crippen LogP contribution >= 0.6 is 0 Å². The second-order valence-corrected chi connectivity index (χ2v) is 6.58. The number of hydrogen-bond donors (Lipinski definition) is 2. The lowest BCUT2D eigenvalue weighted by Gasteiger charge is -2.33. The van der Waals surface area contributed by atoms with Gasteiger partial charge in [-0.3, -0.25) is 9.59 Å². The number of rotatable bonds is 3. The van der Waals surface area contributed by atoms with Crippen molar-refractivity contribution >= 4 is 28.9 Å². The summed E-state index contributed by atoms with van der Waals surface area (Å²) in [5.74, 6) is -0.150. The molecule has 0 unspecified atom stereocenters. The summed E-state index contributed by atoms with van der Waals surface area (Å²) in [6.07, 6.45) is 2.88. The molecule has 1 fully saturated rings. The molecule has 0 aliphatic carbocycles. The topological polar surface area (TPSA) is 61.4 Å². The van der Waals surface area contributed by atoms with Crippen LogP contribution < -0.4 is 15.5 Å². The molecule has 2 aromatic rings. The summed E-state index contributed by atoms with van der Waals surface area (Å²) in [5.41, 5.74) is 4.26. The molecule has 2 aromatic carbocycles. The predicted molar refractivity (Wildman–Crippen MR) is 99.2 cm³/mol. The van der Waals surface area contributed by atoms with E-state index in [1.54, 1.807) is 6.07 Å². The number of anilines is 3. The van der Waals surface area contributed by atoms with E-state index in [4.69, 9.17) is 0 Å². The molecular formula is C20H21N3O2. The van der Waals surface area contributed by atoms with Gasteiger partial charge in [-0.25, -0.2) is 0 Å². The third-order valence-electron chi connectivity index (χ3n) is 5.00. The number of nitrogens with zero attached hydrogens (tertiary/aromatic N) is 1. The van der Waals surface area contributed by atoms with Crippen LogP contribution in [0.25, 0.3) is 0 Å². The highest BCUT2D eigenvalue weighted by atomic mass is 16.2. The lowest BCUT2D eigenvalue weighted by molar-refractivity contribution is -0.117. The normalized spacial score (nSPS) is 18.4. The average Bonchev–Trinajstić information content (AvgIpc) is 3.12. The predicted octanol–water partition coefficient (Wildman–Crippen LogP) is 3.42. The molecule has 128 valence electrons. The van der Waals surface area contributed by atoms with Gasteiger partial charge < -0.3 is 15.5 Å². The van der Waals surface area contributed by atoms with Gasteiger partial charge in [0.25, 0.3) is 5.91 Å². The molecule has 0 spiro atoms. The van der Waals surface area contributed by atoms with Gasteiger partial charge in [-0.1, -0.05) is 19.1 Å². The second kappa shape index (κ2) is 6.24. The van der Waals surface area contributed by atoms with E-state index in [0.29, 0.717) is 5.56 Å². The van der Waals surface area contributed by atoms with Crippen LogP contribution in [0.2, 0.25) is 0 Å². The quantitative estimate of drug-likeness (QED) is 0.903. The van der Waals surface area contributed by atoms with Gasteiger partial charge in [-0.15, -0.1) is 0 Å². The van der Waals surface area contributed by atoms with Crippen LogP contribution in [0.1, 0.15) is 35.7 Å². The van der Waals surface area contributed by atoms with Crippen molar-refractivity contribution in [2.45, 2.75) is 32.2 Å². The van der Waals surface area contributed by atoms with Crippen LogP contribution in [-0.2, 0) is 11.2 Å². The Morgan fingerprint density at radius 1 is 1.24 bits per heavy atom. The summed E-state index contributed by atoms with van der Waals surface area (Å²) in [6.45, 7) is 2.99. The zero-order valence-corrected chi connectivity index (χ0v) is 14.2. The number of benzene rings is 2. The van der Waals surface area contributed by atoms with Crippen LogP contribution in [0.3, 0.4) is 0 Å². The number of carbonyl (C=O) groups is 2. The lowest BCUT2D eigenvalue weighted by atomic mass is 10.1. The fourth-order valence-corrected chi connectivity index (χ4v) is 3.60. The second-order valence-electron chi connectivity index (χ2n) is 6.58. The molecular weight excluding hydrogens is 314 g/mol. The smallest absolute Gasteiger partial charge is 0.255 e. The molecule has 0 radical (unpaired) electrons. The van der Waals surface area contributed by atoms with Gasteiger partial charge in [-0.2, -0.15) is 0 Å². The standard InChI is InChI=1S/C20H21N3O2/c1-2-13-5-8-15(9-6-13)21-19(24)14-7-10-17-16(12-14)22-20(25)18-4-3-11-23(17)18/h5-10,12,18H,2-4,11H2,1H3,(H,21,24)(H,22,25)/t18-/m1/s1. The third-order valence-corrected chi connectivity index (χ3v) is 5.00. The van der Waals surface area contributed by atoms with E-state index in [1.807, 2.05) is 36.4 Å². The summed E-state index contributed by atoms with van der Waals surface area (Å²) < 4.78 is 0. The monoisotopic (exact) mass is 335 g/mol. The van der Waals surface area contributed by atoms with Crippen LogP contribution in [0.5, 0.6) is 0 Å². The summed E-state index contributed by atoms with van der Waals surface area (Å²) in [6, 6.07) is 13.3. The Morgan fingerprint density at radius 3 is 2.80 bits per heavy atom. The molecule has 1 saturated heterocycles. The fourth-order valence-electron chi connectivity index (χ4n) is 3.60. The number of nitrogens with one attached hydrogen (secondary N) is 2. The zero-order chi connectivity index (χ0) is 17.4. The molecule has 5 heteroatoms. The highest BCUT2D eigenvalue weighted by Crippen LogP contribution is 2.37. The van der Waals surface area contributed by atoms with Crippen LogP contribution in [0, 0.1) is 0 Å². The van der Waals surface area contributed by atoms with E-state index in [9.17, 15) is 9.59 Å². The number of carbonyl (C=O) groups excluding carboxylic acids is 2. The highest BCUT2D eigenvalue weighted by molar-refractivity contribution is 6.08. The van der Waals surface area contributed by atoms with E-state index in [1.165, 1.54) is 5.56 Å². The fraction of sp³-hybridized carbons (Fsp3) is 0.300. The molecule has 5 nitrogen and oxygen atoms in total. The third kappa shape index (κ3) is 2.86. The first kappa shape index (κ1) is 15.7. The molecule has 0 bridgehead atoms. The largest absolute Gasteiger partial charge is 0.358 e. The molecule has 4 rings (SSSR count). The Kier molecular flexibility index (Phi) is 3.92. The summed E-state index contributed by atoms with van der Waals surface area (Å²) >= 11 is 0. The first-order chi connectivity index (χ1) is 12.2. The van der Waals surface area contributed by atoms with E-state index in [0.717, 1.165) is 42.9 Å². The molecule has 2 aliphatic rings. The average molecular weight is 335 g/mol. The number of amides is 2. The Bertz CT molecular complexity index is 829. The maximum Gasteiger partial charge on any atom is 0.255 e. The summed E-state index contributed by atoms with van der Waals surface area (Å²) in [7, 11) is 0. The maximum atomic E-state index is 12.5. The van der Waals surface area contributed by atoms with Crippen molar-refractivity contribution in [1.82, 2.24) is 0 Å². The number of fused-ring (bicyclic) bond motifs is 3. The molecule has 2 aliphatic heterocycles. The SMILES string of the molecule is CCc1ccc(NC(=O)c2ccc3c(c2)NC(=O)[C@H]2CCCN32)cc1. The van der Waals surface area contributed by atoms with Crippen molar-refractivity contribution < 1.29 is 9.59 Å². The Balaban J connectivity index is 1.56. The molecule has 2 N–H and O–H groups in total. The first-order valence-corrected chi connectivity index (χ1v) is 8.77. The Morgan fingerprint density at radius 2 is 2.04 bits per heavy atom. The van der Waals surface area contributed by atoms with Crippen molar-refractivity contribution in [3.05, 3.63) is 53.6 Å². The molecule has 25 heavy (non-hydrogen) atoms. The van der Waals surface area contributed by atoms with Crippen molar-refractivity contribution in [2.75, 3.05) is 22.1 Å². The van der Waals surface area contributed by atoms with Gasteiger partial charge in [-0.05, 0) is 55.2 Å². The van der Waals surface area contributed by atoms with Gasteiger partial charge >= 0.3 is 0 Å². The van der Waals surface area contributed by atoms with E-state index in [2.05, 4.69) is 22.5 Å². The van der Waals surface area contributed by atoms with Gasteiger partial charge in [0.05, 0.1) is 11.4 Å². The van der Waals surface area contributed by atoms with Crippen molar-refractivity contribution in [3.8, 4) is 0 Å². The van der Waals surface area contributed by atoms with Gasteiger partial charge in [0, 0.05) is 17.8 Å². The lowest BCUT2D eigenvalue weighted by Crippen LogP contribution is -2.43. The Labute approximate surface area is 147 Å². The van der Waals surface area contributed by atoms with E-state index >= 15 is 0 Å². The van der Waals surface area contributed by atoms with E-state index in [-0.39, 0.29) is 17.9 Å². The molecule has 1 atom stereocenters. The van der Waals surface area contributed by atoms with Gasteiger partial charge in [0.1, 0.15) is 6.04 Å². The van der Waals surface area contributed by atoms with Crippen molar-refractivity contribution in [2.24, 2.45) is 0 Å². The molecule has 2 heterocycles. The van der Waals surface area contributed by atoms with Crippen molar-refractivity contribution in [1.29, 1.82) is 0 Å². The first-order valence-electron chi connectivity index (χ1n) is 8.77. The van der Waals surface area contributed by atoms with Crippen LogP contribution in [-0.4, -0.2) is 24.4 Å². The number of aryl methyl sites for hydroxylation is 1. The van der Waals surface area contributed by atoms with Gasteiger partial charge in [0.15, 0.2) is 0 Å². The van der Waals surface area contributed by atoms with Crippen LogP contribution in [0.4, 0.5) is 17.1 Å². The molecule has 0 aromatic heterocycles. The molecule has 2 amide bonds. The van der Waals surface area contributed by atoms with Crippen LogP contribution in [0.15, 0.2) is 42.5 Å². The van der Waals surface area contributed by atoms with Crippen molar-refractivity contribution in [3.63, 3.8) is 0 Å². The Hall–Kier alpha value is -2.82. The zero-order valence-electron chi connectivity index (χ0n) is 14.2. The minimum Gasteiger partial charge on any atom is -0.358 e. The van der Waals surface area contributed by atoms with Gasteiger partial charge in [0.2, 0.25) is 5.91 Å². The summed E-state index contributed by atoms with van der Waals surface area (Å²) in [4.78, 5) is 26.9. The highest BCUT2D eigenvalue weighted by Gasteiger charge is 2.36. The molecule has 0 saturated carbocycles. The summed E-state index contributed by atoms with van der Waals surface area (Å²) in [5, 5.41) is 5.85. The maximum absolute atomic E-state index is 12.5.